The third-order valence-corrected chi connectivity index (χ3v) is 7.54. The maximum atomic E-state index is 12.9. The number of sulfonamides is 1. The van der Waals surface area contributed by atoms with Crippen molar-refractivity contribution >= 4 is 51.1 Å². The van der Waals surface area contributed by atoms with Gasteiger partial charge in [-0.2, -0.15) is 5.48 Å². The maximum Gasteiger partial charge on any atom is 0.337 e. The van der Waals surface area contributed by atoms with Crippen LogP contribution in [-0.4, -0.2) is 67.9 Å². The van der Waals surface area contributed by atoms with Gasteiger partial charge >= 0.3 is 5.97 Å². The molecule has 0 aliphatic heterocycles. The van der Waals surface area contributed by atoms with Crippen molar-refractivity contribution in [1.82, 2.24) is 20.4 Å². The molecule has 2 aromatic rings. The van der Waals surface area contributed by atoms with Crippen LogP contribution in [0.15, 0.2) is 48.5 Å². The molecule has 0 saturated carbocycles. The van der Waals surface area contributed by atoms with E-state index in [2.05, 4.69) is 20.8 Å². The normalized spacial score (nSPS) is 12.9. The first-order valence-corrected chi connectivity index (χ1v) is 14.9. The van der Waals surface area contributed by atoms with Gasteiger partial charge in [-0.15, -0.1) is 0 Å². The van der Waals surface area contributed by atoms with Crippen LogP contribution in [0.3, 0.4) is 0 Å². The SMILES string of the molecule is C[C@@H](C(=O)NCc1ccc(NC(=N)NOC(=O)C(C)(C)C)cc1)N(C)C(=O)[C@@H](CO)NS(=O)(=O)Cc1ccc(Cl)cc1. The van der Waals surface area contributed by atoms with Gasteiger partial charge in [0.1, 0.15) is 12.1 Å². The minimum Gasteiger partial charge on any atom is -0.394 e. The first kappa shape index (κ1) is 34.5. The number of aliphatic hydroxyl groups is 1. The molecule has 0 saturated heterocycles. The second kappa shape index (κ2) is 15.0. The van der Waals surface area contributed by atoms with Crippen molar-refractivity contribution in [3.63, 3.8) is 0 Å². The number of anilines is 1. The van der Waals surface area contributed by atoms with Crippen LogP contribution in [0.25, 0.3) is 0 Å². The number of hydroxylamine groups is 1. The van der Waals surface area contributed by atoms with Gasteiger partial charge in [0.05, 0.1) is 17.8 Å². The number of halogens is 1. The second-order valence-corrected chi connectivity index (χ2v) is 12.7. The first-order valence-electron chi connectivity index (χ1n) is 12.8. The number of nitrogens with one attached hydrogen (secondary N) is 5. The number of guanidine groups is 1. The Balaban J connectivity index is 1.87. The van der Waals surface area contributed by atoms with E-state index in [1.807, 2.05) is 0 Å². The molecule has 2 amide bonds. The van der Waals surface area contributed by atoms with E-state index in [0.717, 1.165) is 10.5 Å². The molecule has 0 aromatic heterocycles. The predicted molar refractivity (Wildman–Crippen MR) is 159 cm³/mol. The standard InChI is InChI=1S/C27H37ClN6O7S/c1-17(34(5)24(37)22(15-35)33-42(39,40)16-19-6-10-20(28)11-7-19)23(36)30-14-18-8-12-21(13-9-18)31-26(29)32-41-25(38)27(2,3)4/h6-13,17,22,33,35H,14-16H2,1-5H3,(H,30,36)(H3,29,31,32)/t17-,22+/m0/s1. The van der Waals surface area contributed by atoms with E-state index in [1.54, 1.807) is 57.2 Å². The van der Waals surface area contributed by atoms with Crippen LogP contribution in [0.4, 0.5) is 5.69 Å². The summed E-state index contributed by atoms with van der Waals surface area (Å²) in [4.78, 5) is 43.3. The molecular formula is C27H37ClN6O7S. The van der Waals surface area contributed by atoms with Gasteiger partial charge in [-0.25, -0.2) is 17.9 Å². The third kappa shape index (κ3) is 10.9. The van der Waals surface area contributed by atoms with Gasteiger partial charge in [-0.1, -0.05) is 35.9 Å². The van der Waals surface area contributed by atoms with E-state index in [1.165, 1.54) is 26.1 Å². The zero-order valence-electron chi connectivity index (χ0n) is 24.0. The zero-order valence-corrected chi connectivity index (χ0v) is 25.6. The van der Waals surface area contributed by atoms with Gasteiger partial charge in [-0.05, 0) is 63.1 Å². The summed E-state index contributed by atoms with van der Waals surface area (Å²) in [5.41, 5.74) is 3.20. The number of aliphatic hydroxyl groups excluding tert-OH is 1. The van der Waals surface area contributed by atoms with E-state index >= 15 is 0 Å². The summed E-state index contributed by atoms with van der Waals surface area (Å²) >= 11 is 5.82. The first-order chi connectivity index (χ1) is 19.5. The summed E-state index contributed by atoms with van der Waals surface area (Å²) in [6, 6.07) is 10.4. The monoisotopic (exact) mass is 624 g/mol. The number of hydrogen-bond donors (Lipinski definition) is 6. The van der Waals surface area contributed by atoms with Crippen LogP contribution in [0.5, 0.6) is 0 Å². The molecule has 0 heterocycles. The van der Waals surface area contributed by atoms with Crippen molar-refractivity contribution in [2.45, 2.75) is 52.1 Å². The van der Waals surface area contributed by atoms with Crippen molar-refractivity contribution in [2.75, 3.05) is 19.0 Å². The lowest BCUT2D eigenvalue weighted by Crippen LogP contribution is -2.54. The number of carbonyl (C=O) groups excluding carboxylic acids is 3. The van der Waals surface area contributed by atoms with Crippen LogP contribution >= 0.6 is 11.6 Å². The van der Waals surface area contributed by atoms with Crippen LogP contribution in [0.1, 0.15) is 38.8 Å². The van der Waals surface area contributed by atoms with Gasteiger partial charge in [0.15, 0.2) is 0 Å². The molecule has 2 rings (SSSR count). The van der Waals surface area contributed by atoms with Gasteiger partial charge < -0.3 is 25.5 Å². The lowest BCUT2D eigenvalue weighted by molar-refractivity contribution is -0.157. The highest BCUT2D eigenvalue weighted by atomic mass is 35.5. The lowest BCUT2D eigenvalue weighted by Gasteiger charge is -2.28. The molecule has 0 bridgehead atoms. The van der Waals surface area contributed by atoms with Gasteiger partial charge in [-0.3, -0.25) is 15.0 Å². The van der Waals surface area contributed by atoms with E-state index < -0.39 is 57.7 Å². The Kier molecular flexibility index (Phi) is 12.3. The van der Waals surface area contributed by atoms with Gasteiger partial charge in [0.2, 0.25) is 27.8 Å². The molecule has 0 aliphatic carbocycles. The Labute approximate surface area is 250 Å². The average molecular weight is 625 g/mol. The minimum atomic E-state index is -4.00. The largest absolute Gasteiger partial charge is 0.394 e. The smallest absolute Gasteiger partial charge is 0.337 e. The molecule has 0 radical (unpaired) electrons. The van der Waals surface area contributed by atoms with E-state index in [-0.39, 0.29) is 12.5 Å². The quantitative estimate of drug-likeness (QED) is 0.123. The molecular weight excluding hydrogens is 588 g/mol. The van der Waals surface area contributed by atoms with Gasteiger partial charge in [0, 0.05) is 24.3 Å². The molecule has 6 N–H and O–H groups in total. The summed E-state index contributed by atoms with van der Waals surface area (Å²) in [6.45, 7) is 5.85. The minimum absolute atomic E-state index is 0.127. The molecule has 15 heteroatoms. The van der Waals surface area contributed by atoms with Crippen molar-refractivity contribution in [3.05, 3.63) is 64.7 Å². The summed E-state index contributed by atoms with van der Waals surface area (Å²) < 4.78 is 27.3. The van der Waals surface area contributed by atoms with Crippen molar-refractivity contribution in [1.29, 1.82) is 5.41 Å². The van der Waals surface area contributed by atoms with Crippen LogP contribution < -0.4 is 20.8 Å². The Hall–Kier alpha value is -3.72. The maximum absolute atomic E-state index is 12.9. The molecule has 0 spiro atoms. The van der Waals surface area contributed by atoms with Crippen LogP contribution in [0, 0.1) is 10.8 Å². The molecule has 42 heavy (non-hydrogen) atoms. The number of nitrogens with zero attached hydrogens (tertiary/aromatic N) is 1. The van der Waals surface area contributed by atoms with Crippen molar-refractivity contribution < 1.29 is 32.7 Å². The summed E-state index contributed by atoms with van der Waals surface area (Å²) in [6.07, 6.45) is 0. The van der Waals surface area contributed by atoms with E-state index in [9.17, 15) is 27.9 Å². The molecule has 2 aromatic carbocycles. The number of benzene rings is 2. The molecule has 0 fully saturated rings. The van der Waals surface area contributed by atoms with E-state index in [4.69, 9.17) is 21.8 Å². The molecule has 0 aliphatic rings. The molecule has 2 atom stereocenters. The number of amides is 2. The Morgan fingerprint density at radius 2 is 1.62 bits per heavy atom. The fourth-order valence-electron chi connectivity index (χ4n) is 3.30. The van der Waals surface area contributed by atoms with Crippen molar-refractivity contribution in [3.8, 4) is 0 Å². The summed E-state index contributed by atoms with van der Waals surface area (Å²) in [7, 11) is -2.66. The topological polar surface area (TPSA) is 190 Å². The number of carbonyl (C=O) groups is 3. The predicted octanol–water partition coefficient (Wildman–Crippen LogP) is 1.72. The molecule has 0 unspecified atom stereocenters. The van der Waals surface area contributed by atoms with Crippen LogP contribution in [0.2, 0.25) is 5.02 Å². The van der Waals surface area contributed by atoms with Crippen molar-refractivity contribution in [2.24, 2.45) is 5.41 Å². The highest BCUT2D eigenvalue weighted by molar-refractivity contribution is 7.88. The van der Waals surface area contributed by atoms with E-state index in [0.29, 0.717) is 16.3 Å². The molecule has 230 valence electrons. The Bertz CT molecular complexity index is 1360. The highest BCUT2D eigenvalue weighted by Gasteiger charge is 2.31. The lowest BCUT2D eigenvalue weighted by atomic mass is 9.98. The highest BCUT2D eigenvalue weighted by Crippen LogP contribution is 2.15. The number of rotatable bonds is 11. The summed E-state index contributed by atoms with van der Waals surface area (Å²) in [5.74, 6) is -2.47. The number of hydrogen-bond acceptors (Lipinski definition) is 8. The average Bonchev–Trinajstić information content (AvgIpc) is 2.93. The van der Waals surface area contributed by atoms with Crippen LogP contribution in [-0.2, 0) is 41.5 Å². The third-order valence-electron chi connectivity index (χ3n) is 5.93. The molecule has 13 nitrogen and oxygen atoms in total. The van der Waals surface area contributed by atoms with Gasteiger partial charge in [0.25, 0.3) is 0 Å². The fourth-order valence-corrected chi connectivity index (χ4v) is 4.75. The number of likely N-dealkylation sites (N-methyl/N-ethyl adjacent to an activating group) is 1. The Morgan fingerprint density at radius 3 is 2.17 bits per heavy atom. The second-order valence-electron chi connectivity index (χ2n) is 10.5. The fraction of sp³-hybridized carbons (Fsp3) is 0.407. The zero-order chi connectivity index (χ0) is 31.7. The summed E-state index contributed by atoms with van der Waals surface area (Å²) in [5, 5.41) is 23.4. The Morgan fingerprint density at radius 1 is 1.05 bits per heavy atom.